The molecule has 0 unspecified atom stereocenters. The summed E-state index contributed by atoms with van der Waals surface area (Å²) < 4.78 is 0. The highest BCUT2D eigenvalue weighted by atomic mass is 32.1. The molecule has 0 radical (unpaired) electrons. The first-order valence-electron chi connectivity index (χ1n) is 7.29. The lowest BCUT2D eigenvalue weighted by molar-refractivity contribution is 0.0951. The molecule has 7 heteroatoms. The van der Waals surface area contributed by atoms with Gasteiger partial charge in [-0.25, -0.2) is 10.4 Å². The van der Waals surface area contributed by atoms with Crippen molar-refractivity contribution in [1.82, 2.24) is 20.4 Å². The number of carbonyl (C=O) groups is 1. The Bertz CT molecular complexity index is 999. The minimum Gasteiger partial charge on any atom is -0.350 e. The van der Waals surface area contributed by atoms with Gasteiger partial charge in [-0.1, -0.05) is 18.2 Å². The Balaban J connectivity index is 1.70. The summed E-state index contributed by atoms with van der Waals surface area (Å²) in [4.78, 5) is 22.7. The second-order valence-electron chi connectivity index (χ2n) is 5.11. The van der Waals surface area contributed by atoms with Crippen molar-refractivity contribution in [2.45, 2.75) is 0 Å². The molecule has 3 N–H and O–H groups in total. The summed E-state index contributed by atoms with van der Waals surface area (Å²) >= 11 is 1.60. The minimum atomic E-state index is -0.296. The van der Waals surface area contributed by atoms with Gasteiger partial charge in [0.1, 0.15) is 11.5 Å². The van der Waals surface area contributed by atoms with E-state index in [1.165, 1.54) is 6.21 Å². The molecule has 0 bridgehead atoms. The van der Waals surface area contributed by atoms with Crippen LogP contribution in [0.2, 0.25) is 0 Å². The van der Waals surface area contributed by atoms with Gasteiger partial charge in [0.15, 0.2) is 0 Å². The Labute approximate surface area is 141 Å². The molecular formula is C17H13N5OS. The van der Waals surface area contributed by atoms with E-state index in [1.54, 1.807) is 23.7 Å². The number of aromatic nitrogens is 3. The molecule has 0 aliphatic heterocycles. The molecule has 6 nitrogen and oxygen atoms in total. The fourth-order valence-corrected chi connectivity index (χ4v) is 3.22. The predicted octanol–water partition coefficient (Wildman–Crippen LogP) is 3.38. The molecule has 0 saturated carbocycles. The Kier molecular flexibility index (Phi) is 3.68. The van der Waals surface area contributed by atoms with E-state index in [1.807, 2.05) is 41.1 Å². The van der Waals surface area contributed by atoms with Crippen LogP contribution in [0, 0.1) is 0 Å². The highest BCUT2D eigenvalue weighted by molar-refractivity contribution is 7.08. The van der Waals surface area contributed by atoms with Gasteiger partial charge in [-0.05, 0) is 28.5 Å². The van der Waals surface area contributed by atoms with Crippen molar-refractivity contribution in [2.24, 2.45) is 5.10 Å². The lowest BCUT2D eigenvalue weighted by Crippen LogP contribution is -2.18. The average Bonchev–Trinajstić information content (AvgIpc) is 3.34. The van der Waals surface area contributed by atoms with E-state index in [0.29, 0.717) is 11.5 Å². The van der Waals surface area contributed by atoms with E-state index < -0.39 is 0 Å². The summed E-state index contributed by atoms with van der Waals surface area (Å²) in [5.41, 5.74) is 5.85. The molecule has 1 aromatic carbocycles. The summed E-state index contributed by atoms with van der Waals surface area (Å²) in [6, 6.07) is 9.86. The van der Waals surface area contributed by atoms with Gasteiger partial charge in [0.05, 0.1) is 6.21 Å². The lowest BCUT2D eigenvalue weighted by Gasteiger charge is -2.01. The number of hydrogen-bond acceptors (Lipinski definition) is 4. The smallest absolute Gasteiger partial charge is 0.288 e. The van der Waals surface area contributed by atoms with Crippen LogP contribution in [-0.4, -0.2) is 27.1 Å². The summed E-state index contributed by atoms with van der Waals surface area (Å²) in [7, 11) is 0. The minimum absolute atomic E-state index is 0.296. The Morgan fingerprint density at radius 1 is 1.29 bits per heavy atom. The standard InChI is InChI=1S/C17H13N5OS/c23-17(22-20-9-14-18-6-7-19-14)16-15(11-5-8-24-10-11)12-3-1-2-4-13(12)21-16/h1-10,21H,(H,18,19)(H,22,23)/b20-9-. The lowest BCUT2D eigenvalue weighted by atomic mass is 10.0. The van der Waals surface area contributed by atoms with E-state index in [-0.39, 0.29) is 5.91 Å². The molecule has 0 atom stereocenters. The van der Waals surface area contributed by atoms with Crippen LogP contribution in [-0.2, 0) is 0 Å². The monoisotopic (exact) mass is 335 g/mol. The van der Waals surface area contributed by atoms with Gasteiger partial charge in [-0.3, -0.25) is 4.79 Å². The number of H-pyrrole nitrogens is 2. The average molecular weight is 335 g/mol. The molecule has 3 heterocycles. The fourth-order valence-electron chi connectivity index (χ4n) is 2.57. The van der Waals surface area contributed by atoms with Crippen LogP contribution >= 0.6 is 11.3 Å². The van der Waals surface area contributed by atoms with Crippen LogP contribution in [0.5, 0.6) is 0 Å². The van der Waals surface area contributed by atoms with E-state index in [0.717, 1.165) is 22.0 Å². The van der Waals surface area contributed by atoms with Crippen molar-refractivity contribution in [3.8, 4) is 11.1 Å². The van der Waals surface area contributed by atoms with Crippen LogP contribution < -0.4 is 5.43 Å². The third kappa shape index (κ3) is 2.61. The molecule has 4 aromatic rings. The first-order valence-corrected chi connectivity index (χ1v) is 8.23. The molecule has 0 fully saturated rings. The normalized spacial score (nSPS) is 11.3. The molecular weight excluding hydrogens is 322 g/mol. The largest absolute Gasteiger partial charge is 0.350 e. The number of nitrogens with zero attached hydrogens (tertiary/aromatic N) is 2. The van der Waals surface area contributed by atoms with Gasteiger partial charge in [-0.15, -0.1) is 0 Å². The van der Waals surface area contributed by atoms with Crippen molar-refractivity contribution in [3.63, 3.8) is 0 Å². The first kappa shape index (κ1) is 14.4. The van der Waals surface area contributed by atoms with Gasteiger partial charge in [-0.2, -0.15) is 16.4 Å². The van der Waals surface area contributed by atoms with E-state index in [4.69, 9.17) is 0 Å². The molecule has 4 rings (SSSR count). The number of aromatic amines is 2. The Morgan fingerprint density at radius 3 is 3.00 bits per heavy atom. The van der Waals surface area contributed by atoms with Crippen LogP contribution in [0.3, 0.4) is 0 Å². The number of amides is 1. The van der Waals surface area contributed by atoms with Crippen molar-refractivity contribution in [1.29, 1.82) is 0 Å². The molecule has 0 aliphatic carbocycles. The fraction of sp³-hybridized carbons (Fsp3) is 0. The third-order valence-electron chi connectivity index (χ3n) is 3.62. The SMILES string of the molecule is O=C(N/N=C\c1ncc[nH]1)c1[nH]c2ccccc2c1-c1ccsc1. The number of nitrogens with one attached hydrogen (secondary N) is 3. The number of carbonyl (C=O) groups excluding carboxylic acids is 1. The third-order valence-corrected chi connectivity index (χ3v) is 4.30. The molecule has 3 aromatic heterocycles. The zero-order chi connectivity index (χ0) is 16.4. The molecule has 0 saturated heterocycles. The summed E-state index contributed by atoms with van der Waals surface area (Å²) in [5, 5.41) is 8.98. The Hall–Kier alpha value is -3.19. The van der Waals surface area contributed by atoms with Gasteiger partial charge in [0.2, 0.25) is 0 Å². The number of benzene rings is 1. The number of hydrogen-bond donors (Lipinski definition) is 3. The van der Waals surface area contributed by atoms with Gasteiger partial charge in [0, 0.05) is 28.9 Å². The molecule has 118 valence electrons. The molecule has 0 spiro atoms. The zero-order valence-corrected chi connectivity index (χ0v) is 13.3. The van der Waals surface area contributed by atoms with Crippen LogP contribution in [0.25, 0.3) is 22.0 Å². The number of hydrazone groups is 1. The van der Waals surface area contributed by atoms with Crippen LogP contribution in [0.1, 0.15) is 16.3 Å². The molecule has 1 amide bonds. The number of fused-ring (bicyclic) bond motifs is 1. The maximum atomic E-state index is 12.6. The number of imidazole rings is 1. The predicted molar refractivity (Wildman–Crippen MR) is 95.3 cm³/mol. The number of thiophene rings is 1. The second kappa shape index (κ2) is 6.13. The topological polar surface area (TPSA) is 85.9 Å². The maximum Gasteiger partial charge on any atom is 0.288 e. The summed E-state index contributed by atoms with van der Waals surface area (Å²) in [6.07, 6.45) is 4.77. The number of rotatable bonds is 4. The van der Waals surface area contributed by atoms with Crippen LogP contribution in [0.15, 0.2) is 58.6 Å². The highest BCUT2D eigenvalue weighted by Crippen LogP contribution is 2.33. The van der Waals surface area contributed by atoms with Gasteiger partial charge in [0.25, 0.3) is 5.91 Å². The van der Waals surface area contributed by atoms with Crippen LogP contribution in [0.4, 0.5) is 0 Å². The van der Waals surface area contributed by atoms with E-state index >= 15 is 0 Å². The van der Waals surface area contributed by atoms with Crippen molar-refractivity contribution < 1.29 is 4.79 Å². The molecule has 24 heavy (non-hydrogen) atoms. The first-order chi connectivity index (χ1) is 11.8. The van der Waals surface area contributed by atoms with Gasteiger partial charge < -0.3 is 9.97 Å². The summed E-state index contributed by atoms with van der Waals surface area (Å²) in [6.45, 7) is 0. The van der Waals surface area contributed by atoms with E-state index in [9.17, 15) is 4.79 Å². The van der Waals surface area contributed by atoms with E-state index in [2.05, 4.69) is 25.5 Å². The quantitative estimate of drug-likeness (QED) is 0.394. The van der Waals surface area contributed by atoms with Crippen molar-refractivity contribution in [3.05, 3.63) is 65.0 Å². The highest BCUT2D eigenvalue weighted by Gasteiger charge is 2.19. The van der Waals surface area contributed by atoms with Crippen molar-refractivity contribution >= 4 is 34.4 Å². The summed E-state index contributed by atoms with van der Waals surface area (Å²) in [5.74, 6) is 0.278. The number of para-hydroxylation sites is 1. The van der Waals surface area contributed by atoms with Gasteiger partial charge >= 0.3 is 0 Å². The Morgan fingerprint density at radius 2 is 2.21 bits per heavy atom. The molecule has 0 aliphatic rings. The maximum absolute atomic E-state index is 12.6. The second-order valence-corrected chi connectivity index (χ2v) is 5.89. The van der Waals surface area contributed by atoms with Crippen molar-refractivity contribution in [2.75, 3.05) is 0 Å². The zero-order valence-electron chi connectivity index (χ0n) is 12.5.